The Morgan fingerprint density at radius 3 is 1.56 bits per heavy atom. The summed E-state index contributed by atoms with van der Waals surface area (Å²) >= 11 is 11.8. The zero-order valence-corrected chi connectivity index (χ0v) is 19.5. The molecule has 9 heteroatoms. The van der Waals surface area contributed by atoms with Gasteiger partial charge < -0.3 is 14.8 Å². The third-order valence-corrected chi connectivity index (χ3v) is 4.79. The van der Waals surface area contributed by atoms with E-state index in [-0.39, 0.29) is 11.1 Å². The highest BCUT2D eigenvalue weighted by Gasteiger charge is 2.42. The predicted molar refractivity (Wildman–Crippen MR) is 120 cm³/mol. The van der Waals surface area contributed by atoms with E-state index in [1.54, 1.807) is 20.8 Å². The van der Waals surface area contributed by atoms with Crippen LogP contribution in [0.5, 0.6) is 0 Å². The number of carbonyl (C=O) groups is 4. The van der Waals surface area contributed by atoms with Crippen molar-refractivity contribution in [1.29, 1.82) is 0 Å². The van der Waals surface area contributed by atoms with E-state index < -0.39 is 41.2 Å². The zero-order chi connectivity index (χ0) is 24.1. The SMILES string of the molecule is COC(=O)[C@H](NC(=O)OC(C)(C)C)C(C(=O)c1ccc(Cl)cc1)C(=O)c1ccc(Cl)cc1. The average Bonchev–Trinajstić information content (AvgIpc) is 2.72. The predicted octanol–water partition coefficient (Wildman–Crippen LogP) is 4.74. The van der Waals surface area contributed by atoms with E-state index in [1.165, 1.54) is 48.5 Å². The van der Waals surface area contributed by atoms with E-state index in [4.69, 9.17) is 32.7 Å². The maximum Gasteiger partial charge on any atom is 0.408 e. The van der Waals surface area contributed by atoms with E-state index in [0.717, 1.165) is 7.11 Å². The molecule has 2 aromatic rings. The van der Waals surface area contributed by atoms with Gasteiger partial charge in [-0.25, -0.2) is 9.59 Å². The molecule has 7 nitrogen and oxygen atoms in total. The van der Waals surface area contributed by atoms with Gasteiger partial charge in [0.05, 0.1) is 7.11 Å². The number of benzene rings is 2. The van der Waals surface area contributed by atoms with Gasteiger partial charge in [-0.15, -0.1) is 0 Å². The second-order valence-corrected chi connectivity index (χ2v) is 8.74. The van der Waals surface area contributed by atoms with Gasteiger partial charge in [0.2, 0.25) is 0 Å². The topological polar surface area (TPSA) is 98.8 Å². The first-order valence-electron chi connectivity index (χ1n) is 9.60. The van der Waals surface area contributed by atoms with Crippen LogP contribution in [0.3, 0.4) is 0 Å². The summed E-state index contributed by atoms with van der Waals surface area (Å²) in [5, 5.41) is 3.09. The van der Waals surface area contributed by atoms with E-state index >= 15 is 0 Å². The Hall–Kier alpha value is -2.90. The lowest BCUT2D eigenvalue weighted by molar-refractivity contribution is -0.143. The lowest BCUT2D eigenvalue weighted by Gasteiger charge is -2.26. The Balaban J connectivity index is 2.53. The van der Waals surface area contributed by atoms with Crippen LogP contribution in [-0.2, 0) is 14.3 Å². The standard InChI is InChI=1S/C23H23Cl2NO6/c1-23(2,3)32-22(30)26-18(21(29)31-4)17(19(27)13-5-9-15(24)10-6-13)20(28)14-7-11-16(25)12-8-14/h5-12,17-18H,1-4H3,(H,26,30)/t18-/m1/s1. The fraction of sp³-hybridized carbons (Fsp3) is 0.304. The average molecular weight is 480 g/mol. The third kappa shape index (κ3) is 6.80. The summed E-state index contributed by atoms with van der Waals surface area (Å²) in [7, 11) is 1.09. The van der Waals surface area contributed by atoms with Crippen molar-refractivity contribution < 1.29 is 28.7 Å². The number of methoxy groups -OCH3 is 1. The molecule has 0 heterocycles. The molecule has 1 amide bonds. The first-order chi connectivity index (χ1) is 14.9. The second kappa shape index (κ2) is 10.6. The highest BCUT2D eigenvalue weighted by molar-refractivity contribution is 6.31. The first-order valence-corrected chi connectivity index (χ1v) is 10.4. The molecule has 1 N–H and O–H groups in total. The Kier molecular flexibility index (Phi) is 8.41. The van der Waals surface area contributed by atoms with Gasteiger partial charge >= 0.3 is 12.1 Å². The molecule has 32 heavy (non-hydrogen) atoms. The van der Waals surface area contributed by atoms with Gasteiger partial charge in [-0.2, -0.15) is 0 Å². The number of halogens is 2. The molecule has 0 aliphatic heterocycles. The Morgan fingerprint density at radius 2 is 1.22 bits per heavy atom. The number of ketones is 2. The van der Waals surface area contributed by atoms with Crippen molar-refractivity contribution in [2.45, 2.75) is 32.4 Å². The number of amides is 1. The van der Waals surface area contributed by atoms with Crippen LogP contribution in [0.1, 0.15) is 41.5 Å². The molecule has 0 bridgehead atoms. The van der Waals surface area contributed by atoms with Crippen molar-refractivity contribution in [2.75, 3.05) is 7.11 Å². The summed E-state index contributed by atoms with van der Waals surface area (Å²) in [4.78, 5) is 51.8. The summed E-state index contributed by atoms with van der Waals surface area (Å²) in [6.07, 6.45) is -0.981. The van der Waals surface area contributed by atoms with Crippen molar-refractivity contribution in [2.24, 2.45) is 5.92 Å². The van der Waals surface area contributed by atoms with Crippen molar-refractivity contribution >= 4 is 46.8 Å². The molecule has 0 aromatic heterocycles. The molecule has 0 saturated heterocycles. The molecule has 0 aliphatic carbocycles. The number of Topliss-reactive ketones (excluding diaryl/α,β-unsaturated/α-hetero) is 2. The molecule has 2 rings (SSSR count). The largest absolute Gasteiger partial charge is 0.467 e. The van der Waals surface area contributed by atoms with Crippen LogP contribution in [0.2, 0.25) is 10.0 Å². The lowest BCUT2D eigenvalue weighted by atomic mass is 9.84. The first kappa shape index (κ1) is 25.4. The maximum absolute atomic E-state index is 13.4. The van der Waals surface area contributed by atoms with E-state index in [2.05, 4.69) is 5.32 Å². The zero-order valence-electron chi connectivity index (χ0n) is 18.0. The smallest absolute Gasteiger partial charge is 0.408 e. The quantitative estimate of drug-likeness (QED) is 0.349. The van der Waals surface area contributed by atoms with Crippen LogP contribution in [0.4, 0.5) is 4.79 Å². The van der Waals surface area contributed by atoms with Crippen LogP contribution >= 0.6 is 23.2 Å². The number of alkyl carbamates (subject to hydrolysis) is 1. The Bertz CT molecular complexity index is 939. The number of hydrogen-bond donors (Lipinski definition) is 1. The molecule has 170 valence electrons. The van der Waals surface area contributed by atoms with Gasteiger partial charge in [0.25, 0.3) is 0 Å². The minimum atomic E-state index is -1.64. The normalized spacial score (nSPS) is 12.1. The van der Waals surface area contributed by atoms with Gasteiger partial charge in [0, 0.05) is 21.2 Å². The minimum Gasteiger partial charge on any atom is -0.467 e. The van der Waals surface area contributed by atoms with Gasteiger partial charge in [-0.1, -0.05) is 23.2 Å². The Morgan fingerprint density at radius 1 is 0.812 bits per heavy atom. The molecule has 0 unspecified atom stereocenters. The minimum absolute atomic E-state index is 0.126. The van der Waals surface area contributed by atoms with Crippen molar-refractivity contribution in [3.05, 3.63) is 69.7 Å². The highest BCUT2D eigenvalue weighted by atomic mass is 35.5. The fourth-order valence-corrected chi connectivity index (χ4v) is 3.10. The van der Waals surface area contributed by atoms with Gasteiger partial charge in [-0.05, 0) is 69.3 Å². The second-order valence-electron chi connectivity index (χ2n) is 7.87. The van der Waals surface area contributed by atoms with Gasteiger partial charge in [0.15, 0.2) is 11.6 Å². The summed E-state index contributed by atoms with van der Waals surface area (Å²) in [6.45, 7) is 4.90. The van der Waals surface area contributed by atoms with Gasteiger partial charge in [0.1, 0.15) is 17.6 Å². The van der Waals surface area contributed by atoms with Crippen LogP contribution < -0.4 is 5.32 Å². The summed E-state index contributed by atoms with van der Waals surface area (Å²) in [5.74, 6) is -4.01. The number of esters is 1. The highest BCUT2D eigenvalue weighted by Crippen LogP contribution is 2.23. The van der Waals surface area contributed by atoms with Crippen LogP contribution in [0, 0.1) is 5.92 Å². The summed E-state index contributed by atoms with van der Waals surface area (Å²) < 4.78 is 9.98. The fourth-order valence-electron chi connectivity index (χ4n) is 2.85. The summed E-state index contributed by atoms with van der Waals surface area (Å²) in [6, 6.07) is 9.98. The van der Waals surface area contributed by atoms with E-state index in [1.807, 2.05) is 0 Å². The molecular formula is C23H23Cl2NO6. The molecule has 2 aromatic carbocycles. The number of hydrogen-bond acceptors (Lipinski definition) is 6. The van der Waals surface area contributed by atoms with E-state index in [0.29, 0.717) is 10.0 Å². The van der Waals surface area contributed by atoms with Crippen molar-refractivity contribution in [1.82, 2.24) is 5.32 Å². The number of rotatable bonds is 7. The number of nitrogens with one attached hydrogen (secondary N) is 1. The number of ether oxygens (including phenoxy) is 2. The third-order valence-electron chi connectivity index (χ3n) is 4.28. The molecule has 0 saturated carbocycles. The monoisotopic (exact) mass is 479 g/mol. The molecule has 0 aliphatic rings. The van der Waals surface area contributed by atoms with Crippen molar-refractivity contribution in [3.8, 4) is 0 Å². The van der Waals surface area contributed by atoms with Crippen LogP contribution in [0.25, 0.3) is 0 Å². The molecule has 0 fully saturated rings. The molecule has 1 atom stereocenters. The van der Waals surface area contributed by atoms with Crippen LogP contribution in [0.15, 0.2) is 48.5 Å². The Labute approximate surface area is 196 Å². The molecule has 0 radical (unpaired) electrons. The summed E-state index contributed by atoms with van der Waals surface area (Å²) in [5.41, 5.74) is -0.621. The van der Waals surface area contributed by atoms with Gasteiger partial charge in [-0.3, -0.25) is 9.59 Å². The number of carbonyl (C=O) groups excluding carboxylic acids is 4. The van der Waals surface area contributed by atoms with Crippen molar-refractivity contribution in [3.63, 3.8) is 0 Å². The molecule has 0 spiro atoms. The maximum atomic E-state index is 13.4. The van der Waals surface area contributed by atoms with Crippen LogP contribution in [-0.4, -0.2) is 42.4 Å². The lowest BCUT2D eigenvalue weighted by Crippen LogP contribution is -2.52. The molecular weight excluding hydrogens is 457 g/mol. The van der Waals surface area contributed by atoms with E-state index in [9.17, 15) is 19.2 Å².